The van der Waals surface area contributed by atoms with E-state index in [1.807, 2.05) is 25.1 Å². The van der Waals surface area contributed by atoms with Crippen LogP contribution in [0.4, 0.5) is 18.9 Å². The topological polar surface area (TPSA) is 12.0 Å². The Hall–Kier alpha value is -0.900. The summed E-state index contributed by atoms with van der Waals surface area (Å²) in [7, 11) is 0. The molecule has 0 bridgehead atoms. The second-order valence-corrected chi connectivity index (χ2v) is 5.55. The zero-order chi connectivity index (χ0) is 14.0. The van der Waals surface area contributed by atoms with Crippen molar-refractivity contribution >= 4 is 17.3 Å². The molecule has 1 aromatic rings. The molecule has 5 heteroatoms. The van der Waals surface area contributed by atoms with E-state index < -0.39 is 12.1 Å². The van der Waals surface area contributed by atoms with Gasteiger partial charge in [-0.2, -0.15) is 13.2 Å². The minimum atomic E-state index is -4.04. The fourth-order valence-electron chi connectivity index (χ4n) is 2.55. The number of nitrogens with one attached hydrogen (secondary N) is 1. The Kier molecular flexibility index (Phi) is 4.29. The average Bonchev–Trinajstić information content (AvgIpc) is 2.35. The zero-order valence-electron chi connectivity index (χ0n) is 10.7. The SMILES string of the molecule is Cc1c(Cl)cccc1NC1CCC(C(F)(F)F)CC1. The second kappa shape index (κ2) is 5.61. The van der Waals surface area contributed by atoms with Gasteiger partial charge in [0.15, 0.2) is 0 Å². The van der Waals surface area contributed by atoms with E-state index in [4.69, 9.17) is 11.6 Å². The third-order valence-electron chi connectivity index (χ3n) is 3.82. The molecule has 106 valence electrons. The van der Waals surface area contributed by atoms with Gasteiger partial charge in [0.05, 0.1) is 5.92 Å². The Morgan fingerprint density at radius 1 is 1.16 bits per heavy atom. The first-order chi connectivity index (χ1) is 8.88. The molecule has 0 saturated heterocycles. The van der Waals surface area contributed by atoms with Crippen LogP contribution in [0.2, 0.25) is 5.02 Å². The van der Waals surface area contributed by atoms with Gasteiger partial charge in [-0.3, -0.25) is 0 Å². The molecule has 1 saturated carbocycles. The van der Waals surface area contributed by atoms with Gasteiger partial charge >= 0.3 is 6.18 Å². The molecule has 0 spiro atoms. The van der Waals surface area contributed by atoms with Gasteiger partial charge in [-0.05, 0) is 50.3 Å². The lowest BCUT2D eigenvalue weighted by Crippen LogP contribution is -2.32. The van der Waals surface area contributed by atoms with E-state index in [-0.39, 0.29) is 18.9 Å². The highest BCUT2D eigenvalue weighted by atomic mass is 35.5. The standard InChI is InChI=1S/C14H17ClF3N/c1-9-12(15)3-2-4-13(9)19-11-7-5-10(6-8-11)14(16,17)18/h2-4,10-11,19H,5-8H2,1H3. The number of halogens is 4. The normalized spacial score (nSPS) is 24.3. The molecule has 19 heavy (non-hydrogen) atoms. The van der Waals surface area contributed by atoms with Crippen molar-refractivity contribution in [3.05, 3.63) is 28.8 Å². The summed E-state index contributed by atoms with van der Waals surface area (Å²) in [5, 5.41) is 3.99. The Bertz CT molecular complexity index is 437. The van der Waals surface area contributed by atoms with Crippen LogP contribution in [0.5, 0.6) is 0 Å². The molecule has 1 N–H and O–H groups in total. The van der Waals surface area contributed by atoms with Gasteiger partial charge in [0.25, 0.3) is 0 Å². The summed E-state index contributed by atoms with van der Waals surface area (Å²) in [6.07, 6.45) is -2.52. The first-order valence-electron chi connectivity index (χ1n) is 6.46. The van der Waals surface area contributed by atoms with Crippen LogP contribution in [0.1, 0.15) is 31.2 Å². The van der Waals surface area contributed by atoms with Crippen LogP contribution >= 0.6 is 11.6 Å². The van der Waals surface area contributed by atoms with E-state index >= 15 is 0 Å². The summed E-state index contributed by atoms with van der Waals surface area (Å²) in [6.45, 7) is 1.91. The lowest BCUT2D eigenvalue weighted by Gasteiger charge is -2.31. The van der Waals surface area contributed by atoms with Gasteiger partial charge in [-0.25, -0.2) is 0 Å². The third kappa shape index (κ3) is 3.56. The van der Waals surface area contributed by atoms with Crippen molar-refractivity contribution in [2.75, 3.05) is 5.32 Å². The molecule has 1 fully saturated rings. The Balaban J connectivity index is 1.94. The molecule has 0 atom stereocenters. The summed E-state index contributed by atoms with van der Waals surface area (Å²) < 4.78 is 37.7. The van der Waals surface area contributed by atoms with Crippen LogP contribution in [-0.2, 0) is 0 Å². The number of alkyl halides is 3. The number of rotatable bonds is 2. The summed E-state index contributed by atoms with van der Waals surface area (Å²) >= 11 is 6.03. The smallest absolute Gasteiger partial charge is 0.382 e. The second-order valence-electron chi connectivity index (χ2n) is 5.15. The molecular formula is C14H17ClF3N. The van der Waals surface area contributed by atoms with Crippen LogP contribution in [-0.4, -0.2) is 12.2 Å². The molecule has 0 heterocycles. The Morgan fingerprint density at radius 2 is 1.79 bits per heavy atom. The zero-order valence-corrected chi connectivity index (χ0v) is 11.5. The van der Waals surface area contributed by atoms with Gasteiger partial charge in [-0.15, -0.1) is 0 Å². The average molecular weight is 292 g/mol. The van der Waals surface area contributed by atoms with Gasteiger partial charge in [0.1, 0.15) is 0 Å². The number of benzene rings is 1. The molecular weight excluding hydrogens is 275 g/mol. The first kappa shape index (κ1) is 14.5. The van der Waals surface area contributed by atoms with Crippen molar-refractivity contribution in [2.24, 2.45) is 5.92 Å². The highest BCUT2D eigenvalue weighted by molar-refractivity contribution is 6.31. The third-order valence-corrected chi connectivity index (χ3v) is 4.23. The molecule has 2 rings (SSSR count). The summed E-state index contributed by atoms with van der Waals surface area (Å²) in [5.41, 5.74) is 1.87. The lowest BCUT2D eigenvalue weighted by atomic mass is 9.85. The minimum absolute atomic E-state index is 0.107. The molecule has 0 aliphatic heterocycles. The fourth-order valence-corrected chi connectivity index (χ4v) is 2.72. The predicted molar refractivity (Wildman–Crippen MR) is 71.6 cm³/mol. The monoisotopic (exact) mass is 291 g/mol. The number of hydrogen-bond donors (Lipinski definition) is 1. The highest BCUT2D eigenvalue weighted by Crippen LogP contribution is 2.38. The van der Waals surface area contributed by atoms with Crippen LogP contribution < -0.4 is 5.32 Å². The van der Waals surface area contributed by atoms with Crippen molar-refractivity contribution < 1.29 is 13.2 Å². The van der Waals surface area contributed by atoms with Crippen LogP contribution in [0.15, 0.2) is 18.2 Å². The number of anilines is 1. The molecule has 0 unspecified atom stereocenters. The van der Waals surface area contributed by atoms with Gasteiger partial charge < -0.3 is 5.32 Å². The van der Waals surface area contributed by atoms with E-state index in [0.717, 1.165) is 11.3 Å². The van der Waals surface area contributed by atoms with Gasteiger partial charge in [-0.1, -0.05) is 17.7 Å². The van der Waals surface area contributed by atoms with Crippen molar-refractivity contribution in [3.8, 4) is 0 Å². The molecule has 1 aliphatic carbocycles. The minimum Gasteiger partial charge on any atom is -0.382 e. The van der Waals surface area contributed by atoms with E-state index in [9.17, 15) is 13.2 Å². The Morgan fingerprint density at radius 3 is 2.37 bits per heavy atom. The lowest BCUT2D eigenvalue weighted by molar-refractivity contribution is -0.182. The molecule has 0 radical (unpaired) electrons. The molecule has 1 aromatic carbocycles. The van der Waals surface area contributed by atoms with Crippen molar-refractivity contribution in [2.45, 2.75) is 44.8 Å². The summed E-state index contributed by atoms with van der Waals surface area (Å²) in [6, 6.07) is 5.68. The van der Waals surface area contributed by atoms with E-state index in [1.165, 1.54) is 0 Å². The van der Waals surface area contributed by atoms with Crippen molar-refractivity contribution in [1.82, 2.24) is 0 Å². The first-order valence-corrected chi connectivity index (χ1v) is 6.84. The van der Waals surface area contributed by atoms with Crippen LogP contribution in [0, 0.1) is 12.8 Å². The fraction of sp³-hybridized carbons (Fsp3) is 0.571. The van der Waals surface area contributed by atoms with Crippen LogP contribution in [0.3, 0.4) is 0 Å². The maximum atomic E-state index is 12.6. The Labute approximate surface area is 116 Å². The van der Waals surface area contributed by atoms with Gasteiger partial charge in [0, 0.05) is 16.8 Å². The largest absolute Gasteiger partial charge is 0.391 e. The molecule has 1 aliphatic rings. The molecule has 0 amide bonds. The summed E-state index contributed by atoms with van der Waals surface area (Å²) in [4.78, 5) is 0. The maximum absolute atomic E-state index is 12.6. The quantitative estimate of drug-likeness (QED) is 0.791. The van der Waals surface area contributed by atoms with Gasteiger partial charge in [0.2, 0.25) is 0 Å². The van der Waals surface area contributed by atoms with E-state index in [1.54, 1.807) is 0 Å². The maximum Gasteiger partial charge on any atom is 0.391 e. The number of hydrogen-bond acceptors (Lipinski definition) is 1. The predicted octanol–water partition coefficient (Wildman–Crippen LogP) is 5.18. The van der Waals surface area contributed by atoms with Crippen LogP contribution in [0.25, 0.3) is 0 Å². The van der Waals surface area contributed by atoms with Crippen molar-refractivity contribution in [1.29, 1.82) is 0 Å². The molecule has 1 nitrogen and oxygen atoms in total. The van der Waals surface area contributed by atoms with E-state index in [2.05, 4.69) is 5.32 Å². The van der Waals surface area contributed by atoms with Crippen molar-refractivity contribution in [3.63, 3.8) is 0 Å². The van der Waals surface area contributed by atoms with E-state index in [0.29, 0.717) is 17.9 Å². The summed E-state index contributed by atoms with van der Waals surface area (Å²) in [5.74, 6) is -1.13. The molecule has 0 aromatic heterocycles. The highest BCUT2D eigenvalue weighted by Gasteiger charge is 2.41.